The molecule has 1 aliphatic rings. The number of aromatic nitrogens is 1. The standard InChI is InChI=1S/C15H14N2O3/c1-9-6-13(11-4-2-3-5-12(11)16-9)17-8-10(15(19)20)7-14(17)18/h2-6,10H,7-8H2,1H3,(H,19,20). The predicted molar refractivity (Wildman–Crippen MR) is 74.6 cm³/mol. The molecule has 1 atom stereocenters. The van der Waals surface area contributed by atoms with Crippen LogP contribution in [0.3, 0.4) is 0 Å². The number of hydrogen-bond donors (Lipinski definition) is 1. The van der Waals surface area contributed by atoms with E-state index in [1.807, 2.05) is 37.3 Å². The third kappa shape index (κ3) is 2.01. The number of para-hydroxylation sites is 1. The van der Waals surface area contributed by atoms with Crippen LogP contribution in [-0.4, -0.2) is 28.5 Å². The molecule has 20 heavy (non-hydrogen) atoms. The molecule has 0 bridgehead atoms. The van der Waals surface area contributed by atoms with Gasteiger partial charge in [0.15, 0.2) is 0 Å². The van der Waals surface area contributed by atoms with Crippen molar-refractivity contribution in [1.29, 1.82) is 0 Å². The van der Waals surface area contributed by atoms with Gasteiger partial charge in [-0.1, -0.05) is 18.2 Å². The fourth-order valence-electron chi connectivity index (χ4n) is 2.61. The first-order valence-corrected chi connectivity index (χ1v) is 6.46. The maximum absolute atomic E-state index is 12.1. The van der Waals surface area contributed by atoms with Gasteiger partial charge in [0.25, 0.3) is 0 Å². The minimum atomic E-state index is -0.920. The van der Waals surface area contributed by atoms with Crippen LogP contribution in [0.25, 0.3) is 10.9 Å². The van der Waals surface area contributed by atoms with Crippen LogP contribution in [0, 0.1) is 12.8 Å². The van der Waals surface area contributed by atoms with Gasteiger partial charge in [-0.05, 0) is 19.1 Å². The average molecular weight is 270 g/mol. The number of nitrogens with zero attached hydrogens (tertiary/aromatic N) is 2. The molecule has 5 heteroatoms. The Bertz CT molecular complexity index is 711. The molecule has 1 aromatic carbocycles. The lowest BCUT2D eigenvalue weighted by Crippen LogP contribution is -2.26. The van der Waals surface area contributed by atoms with E-state index in [0.29, 0.717) is 0 Å². The van der Waals surface area contributed by atoms with Gasteiger partial charge in [0.05, 0.1) is 17.1 Å². The number of carbonyl (C=O) groups is 2. The second-order valence-electron chi connectivity index (χ2n) is 5.04. The first kappa shape index (κ1) is 12.6. The topological polar surface area (TPSA) is 70.5 Å². The Morgan fingerprint density at radius 3 is 2.85 bits per heavy atom. The summed E-state index contributed by atoms with van der Waals surface area (Å²) in [5.74, 6) is -1.70. The molecule has 1 N–H and O–H groups in total. The van der Waals surface area contributed by atoms with Gasteiger partial charge < -0.3 is 10.0 Å². The molecule has 1 amide bonds. The molecular formula is C15H14N2O3. The molecule has 0 radical (unpaired) electrons. The molecule has 1 aliphatic heterocycles. The highest BCUT2D eigenvalue weighted by atomic mass is 16.4. The number of anilines is 1. The summed E-state index contributed by atoms with van der Waals surface area (Å²) in [6.45, 7) is 2.09. The molecule has 1 fully saturated rings. The third-order valence-corrected chi connectivity index (χ3v) is 3.59. The van der Waals surface area contributed by atoms with E-state index in [4.69, 9.17) is 5.11 Å². The van der Waals surface area contributed by atoms with Crippen molar-refractivity contribution >= 4 is 28.5 Å². The molecule has 102 valence electrons. The van der Waals surface area contributed by atoms with Crippen LogP contribution >= 0.6 is 0 Å². The average Bonchev–Trinajstić information content (AvgIpc) is 2.80. The quantitative estimate of drug-likeness (QED) is 0.905. The van der Waals surface area contributed by atoms with Crippen molar-refractivity contribution in [3.05, 3.63) is 36.0 Å². The maximum atomic E-state index is 12.1. The lowest BCUT2D eigenvalue weighted by Gasteiger charge is -2.19. The number of benzene rings is 1. The van der Waals surface area contributed by atoms with Crippen molar-refractivity contribution in [3.63, 3.8) is 0 Å². The van der Waals surface area contributed by atoms with Crippen LogP contribution in [0.2, 0.25) is 0 Å². The molecule has 1 aromatic heterocycles. The smallest absolute Gasteiger partial charge is 0.308 e. The van der Waals surface area contributed by atoms with Gasteiger partial charge in [0, 0.05) is 24.0 Å². The summed E-state index contributed by atoms with van der Waals surface area (Å²) < 4.78 is 0. The van der Waals surface area contributed by atoms with Gasteiger partial charge in [-0.2, -0.15) is 0 Å². The van der Waals surface area contributed by atoms with Gasteiger partial charge in [0.2, 0.25) is 5.91 Å². The molecule has 2 heterocycles. The third-order valence-electron chi connectivity index (χ3n) is 3.59. The highest BCUT2D eigenvalue weighted by Crippen LogP contribution is 2.31. The van der Waals surface area contributed by atoms with E-state index in [9.17, 15) is 9.59 Å². The van der Waals surface area contributed by atoms with E-state index >= 15 is 0 Å². The van der Waals surface area contributed by atoms with Gasteiger partial charge >= 0.3 is 5.97 Å². The monoisotopic (exact) mass is 270 g/mol. The van der Waals surface area contributed by atoms with Crippen molar-refractivity contribution in [1.82, 2.24) is 4.98 Å². The van der Waals surface area contributed by atoms with Crippen LogP contribution in [-0.2, 0) is 9.59 Å². The molecule has 1 unspecified atom stereocenters. The van der Waals surface area contributed by atoms with E-state index in [-0.39, 0.29) is 18.9 Å². The molecule has 5 nitrogen and oxygen atoms in total. The SMILES string of the molecule is Cc1cc(N2CC(C(=O)O)CC2=O)c2ccccc2n1. The summed E-state index contributed by atoms with van der Waals surface area (Å²) in [5, 5.41) is 9.95. The molecule has 0 aliphatic carbocycles. The van der Waals surface area contributed by atoms with Crippen molar-refractivity contribution in [3.8, 4) is 0 Å². The van der Waals surface area contributed by atoms with E-state index in [1.54, 1.807) is 4.90 Å². The first-order valence-electron chi connectivity index (χ1n) is 6.46. The Kier molecular flexibility index (Phi) is 2.89. The number of rotatable bonds is 2. The van der Waals surface area contributed by atoms with E-state index in [1.165, 1.54) is 0 Å². The zero-order valence-electron chi connectivity index (χ0n) is 11.0. The second-order valence-corrected chi connectivity index (χ2v) is 5.04. The number of carbonyl (C=O) groups excluding carboxylic acids is 1. The van der Waals surface area contributed by atoms with Crippen LogP contribution in [0.1, 0.15) is 12.1 Å². The number of carboxylic acid groups (broad SMARTS) is 1. The van der Waals surface area contributed by atoms with E-state index in [0.717, 1.165) is 22.3 Å². The largest absolute Gasteiger partial charge is 0.481 e. The Morgan fingerprint density at radius 2 is 2.15 bits per heavy atom. The lowest BCUT2D eigenvalue weighted by molar-refractivity contribution is -0.141. The van der Waals surface area contributed by atoms with Gasteiger partial charge in [-0.25, -0.2) is 0 Å². The van der Waals surface area contributed by atoms with Crippen molar-refractivity contribution in [2.45, 2.75) is 13.3 Å². The fraction of sp³-hybridized carbons (Fsp3) is 0.267. The number of fused-ring (bicyclic) bond motifs is 1. The van der Waals surface area contributed by atoms with E-state index < -0.39 is 11.9 Å². The van der Waals surface area contributed by atoms with E-state index in [2.05, 4.69) is 4.98 Å². The summed E-state index contributed by atoms with van der Waals surface area (Å²) in [4.78, 5) is 29.1. The fourth-order valence-corrected chi connectivity index (χ4v) is 2.61. The van der Waals surface area contributed by atoms with Gasteiger partial charge in [0.1, 0.15) is 0 Å². The summed E-state index contributed by atoms with van der Waals surface area (Å²) >= 11 is 0. The summed E-state index contributed by atoms with van der Waals surface area (Å²) in [6, 6.07) is 9.41. The summed E-state index contributed by atoms with van der Waals surface area (Å²) in [5.41, 5.74) is 2.38. The maximum Gasteiger partial charge on any atom is 0.308 e. The zero-order chi connectivity index (χ0) is 14.3. The molecule has 2 aromatic rings. The van der Waals surface area contributed by atoms with Crippen LogP contribution in [0.15, 0.2) is 30.3 Å². The lowest BCUT2D eigenvalue weighted by atomic mass is 10.1. The molecule has 3 rings (SSSR count). The Morgan fingerprint density at radius 1 is 1.40 bits per heavy atom. The highest BCUT2D eigenvalue weighted by molar-refractivity contribution is 6.05. The minimum Gasteiger partial charge on any atom is -0.481 e. The minimum absolute atomic E-state index is 0.0605. The molecule has 0 saturated carbocycles. The molecular weight excluding hydrogens is 256 g/mol. The van der Waals surface area contributed by atoms with Crippen LogP contribution < -0.4 is 4.90 Å². The van der Waals surface area contributed by atoms with Gasteiger partial charge in [-0.15, -0.1) is 0 Å². The number of hydrogen-bond acceptors (Lipinski definition) is 3. The number of carboxylic acids is 1. The van der Waals surface area contributed by atoms with Gasteiger partial charge in [-0.3, -0.25) is 14.6 Å². The number of pyridine rings is 1. The molecule has 1 saturated heterocycles. The Balaban J connectivity index is 2.10. The van der Waals surface area contributed by atoms with Crippen LogP contribution in [0.4, 0.5) is 5.69 Å². The summed E-state index contributed by atoms with van der Waals surface area (Å²) in [7, 11) is 0. The Hall–Kier alpha value is -2.43. The number of aryl methyl sites for hydroxylation is 1. The van der Waals surface area contributed by atoms with Crippen molar-refractivity contribution in [2.24, 2.45) is 5.92 Å². The second kappa shape index (κ2) is 4.59. The van der Waals surface area contributed by atoms with Crippen LogP contribution in [0.5, 0.6) is 0 Å². The highest BCUT2D eigenvalue weighted by Gasteiger charge is 2.35. The van der Waals surface area contributed by atoms with Crippen molar-refractivity contribution < 1.29 is 14.7 Å². The Labute approximate surface area is 115 Å². The predicted octanol–water partition coefficient (Wildman–Crippen LogP) is 1.98. The number of aliphatic carboxylic acids is 1. The summed E-state index contributed by atoms with van der Waals surface area (Å²) in [6.07, 6.45) is 0.0605. The first-order chi connectivity index (χ1) is 9.56. The van der Waals surface area contributed by atoms with Crippen molar-refractivity contribution in [2.75, 3.05) is 11.4 Å². The molecule has 0 spiro atoms. The number of amides is 1. The normalized spacial score (nSPS) is 18.8. The zero-order valence-corrected chi connectivity index (χ0v) is 11.0.